The normalized spacial score (nSPS) is 13.2. The van der Waals surface area contributed by atoms with Gasteiger partial charge in [0.05, 0.1) is 0 Å². The lowest BCUT2D eigenvalue weighted by Crippen LogP contribution is -2.44. The van der Waals surface area contributed by atoms with Gasteiger partial charge < -0.3 is 15.2 Å². The first-order valence-corrected chi connectivity index (χ1v) is 9.25. The first-order valence-electron chi connectivity index (χ1n) is 9.25. The van der Waals surface area contributed by atoms with E-state index in [0.717, 1.165) is 35.3 Å². The van der Waals surface area contributed by atoms with E-state index in [1.807, 2.05) is 69.3 Å². The van der Waals surface area contributed by atoms with Gasteiger partial charge in [-0.3, -0.25) is 4.79 Å². The van der Waals surface area contributed by atoms with E-state index in [-0.39, 0.29) is 0 Å². The van der Waals surface area contributed by atoms with Crippen LogP contribution in [0.1, 0.15) is 49.8 Å². The van der Waals surface area contributed by atoms with Gasteiger partial charge >= 0.3 is 0 Å². The van der Waals surface area contributed by atoms with Crippen LogP contribution >= 0.6 is 0 Å². The quantitative estimate of drug-likeness (QED) is 0.683. The molecule has 0 saturated heterocycles. The smallest absolute Gasteiger partial charge is 0.254 e. The average molecular weight is 355 g/mol. The molecular formula is C22H29NO3. The zero-order valence-corrected chi connectivity index (χ0v) is 16.0. The van der Waals surface area contributed by atoms with Crippen molar-refractivity contribution < 1.29 is 14.3 Å². The number of hydrogen-bond donors (Lipinski definition) is 1. The zero-order chi connectivity index (χ0) is 19.0. The molecular weight excluding hydrogens is 326 g/mol. The van der Waals surface area contributed by atoms with E-state index in [0.29, 0.717) is 19.6 Å². The number of aryl methyl sites for hydroxylation is 1. The van der Waals surface area contributed by atoms with Crippen LogP contribution in [-0.4, -0.2) is 12.5 Å². The first kappa shape index (κ1) is 20.0. The summed E-state index contributed by atoms with van der Waals surface area (Å²) in [5.74, 6) is 0.382. The number of rotatable bonds is 10. The second kappa shape index (κ2) is 9.39. The number of primary amides is 1. The third kappa shape index (κ3) is 4.44. The minimum atomic E-state index is -1.11. The Morgan fingerprint density at radius 1 is 1.04 bits per heavy atom. The summed E-state index contributed by atoms with van der Waals surface area (Å²) in [6, 6.07) is 15.6. The molecule has 4 nitrogen and oxygen atoms in total. The van der Waals surface area contributed by atoms with Crippen molar-refractivity contribution in [3.05, 3.63) is 65.2 Å². The van der Waals surface area contributed by atoms with Crippen molar-refractivity contribution in [2.24, 2.45) is 5.73 Å². The SMILES string of the molecule is CCCOC(CCC)(C(N)=O)c1ccccc1COc1ccccc1C. The molecule has 0 aromatic heterocycles. The molecule has 1 unspecified atom stereocenters. The number of hydrogen-bond acceptors (Lipinski definition) is 3. The highest BCUT2D eigenvalue weighted by Crippen LogP contribution is 2.34. The van der Waals surface area contributed by atoms with Crippen molar-refractivity contribution in [3.8, 4) is 5.75 Å². The number of amides is 1. The number of para-hydroxylation sites is 1. The Morgan fingerprint density at radius 2 is 1.73 bits per heavy atom. The van der Waals surface area contributed by atoms with Crippen LogP contribution in [0.5, 0.6) is 5.75 Å². The number of nitrogens with two attached hydrogens (primary N) is 1. The molecule has 0 spiro atoms. The summed E-state index contributed by atoms with van der Waals surface area (Å²) < 4.78 is 12.1. The van der Waals surface area contributed by atoms with Gasteiger partial charge in [-0.25, -0.2) is 0 Å². The van der Waals surface area contributed by atoms with Crippen LogP contribution in [0.15, 0.2) is 48.5 Å². The van der Waals surface area contributed by atoms with Crippen LogP contribution in [0, 0.1) is 6.92 Å². The van der Waals surface area contributed by atoms with Gasteiger partial charge in [-0.05, 0) is 42.5 Å². The maximum Gasteiger partial charge on any atom is 0.254 e. The summed E-state index contributed by atoms with van der Waals surface area (Å²) in [5.41, 5.74) is 7.50. The lowest BCUT2D eigenvalue weighted by Gasteiger charge is -2.33. The van der Waals surface area contributed by atoms with Crippen molar-refractivity contribution in [2.75, 3.05) is 6.61 Å². The molecule has 0 fully saturated rings. The standard InChI is InChI=1S/C22H29NO3/c1-4-14-22(21(23)24,26-15-5-2)19-12-8-7-11-18(19)16-25-20-13-9-6-10-17(20)3/h6-13H,4-5,14-16H2,1-3H3,(H2,23,24). The van der Waals surface area contributed by atoms with Gasteiger partial charge in [0, 0.05) is 6.61 Å². The molecule has 0 aliphatic heterocycles. The van der Waals surface area contributed by atoms with Gasteiger partial charge in [0.25, 0.3) is 5.91 Å². The fourth-order valence-corrected chi connectivity index (χ4v) is 3.15. The molecule has 0 aliphatic carbocycles. The second-order valence-corrected chi connectivity index (χ2v) is 6.50. The number of carbonyl (C=O) groups excluding carboxylic acids is 1. The van der Waals surface area contributed by atoms with Crippen LogP contribution in [-0.2, 0) is 21.7 Å². The molecule has 2 rings (SSSR count). The fourth-order valence-electron chi connectivity index (χ4n) is 3.15. The summed E-state index contributed by atoms with van der Waals surface area (Å²) in [6.07, 6.45) is 2.16. The lowest BCUT2D eigenvalue weighted by atomic mass is 9.85. The van der Waals surface area contributed by atoms with E-state index in [1.165, 1.54) is 0 Å². The average Bonchev–Trinajstić information content (AvgIpc) is 2.64. The summed E-state index contributed by atoms with van der Waals surface area (Å²) in [4.78, 5) is 12.5. The second-order valence-electron chi connectivity index (χ2n) is 6.50. The van der Waals surface area contributed by atoms with Gasteiger partial charge in [0.15, 0.2) is 5.60 Å². The molecule has 0 aliphatic rings. The van der Waals surface area contributed by atoms with E-state index in [1.54, 1.807) is 0 Å². The molecule has 26 heavy (non-hydrogen) atoms. The predicted octanol–water partition coefficient (Wildman–Crippen LogP) is 4.48. The van der Waals surface area contributed by atoms with Crippen molar-refractivity contribution >= 4 is 5.91 Å². The monoisotopic (exact) mass is 355 g/mol. The van der Waals surface area contributed by atoms with E-state index >= 15 is 0 Å². The number of benzene rings is 2. The molecule has 1 atom stereocenters. The molecule has 0 heterocycles. The summed E-state index contributed by atoms with van der Waals surface area (Å²) in [6.45, 7) is 6.89. The van der Waals surface area contributed by atoms with Crippen LogP contribution < -0.4 is 10.5 Å². The molecule has 2 aromatic carbocycles. The van der Waals surface area contributed by atoms with Gasteiger partial charge in [0.1, 0.15) is 12.4 Å². The third-order valence-electron chi connectivity index (χ3n) is 4.48. The molecule has 4 heteroatoms. The Bertz CT molecular complexity index is 729. The van der Waals surface area contributed by atoms with Crippen molar-refractivity contribution in [3.63, 3.8) is 0 Å². The van der Waals surface area contributed by atoms with Crippen LogP contribution in [0.4, 0.5) is 0 Å². The largest absolute Gasteiger partial charge is 0.489 e. The topological polar surface area (TPSA) is 61.5 Å². The van der Waals surface area contributed by atoms with Gasteiger partial charge in [-0.1, -0.05) is 62.7 Å². The van der Waals surface area contributed by atoms with Crippen LogP contribution in [0.3, 0.4) is 0 Å². The number of ether oxygens (including phenoxy) is 2. The Balaban J connectivity index is 2.37. The Morgan fingerprint density at radius 3 is 2.38 bits per heavy atom. The summed E-state index contributed by atoms with van der Waals surface area (Å²) in [5, 5.41) is 0. The minimum Gasteiger partial charge on any atom is -0.489 e. The van der Waals surface area contributed by atoms with E-state index < -0.39 is 11.5 Å². The molecule has 2 N–H and O–H groups in total. The highest BCUT2D eigenvalue weighted by atomic mass is 16.5. The third-order valence-corrected chi connectivity index (χ3v) is 4.48. The van der Waals surface area contributed by atoms with E-state index in [4.69, 9.17) is 15.2 Å². The zero-order valence-electron chi connectivity index (χ0n) is 16.0. The van der Waals surface area contributed by atoms with Gasteiger partial charge in [0.2, 0.25) is 0 Å². The molecule has 140 valence electrons. The van der Waals surface area contributed by atoms with Gasteiger partial charge in [-0.15, -0.1) is 0 Å². The summed E-state index contributed by atoms with van der Waals surface area (Å²) in [7, 11) is 0. The highest BCUT2D eigenvalue weighted by molar-refractivity contribution is 5.85. The van der Waals surface area contributed by atoms with E-state index in [9.17, 15) is 4.79 Å². The Kier molecular flexibility index (Phi) is 7.22. The maximum atomic E-state index is 12.5. The van der Waals surface area contributed by atoms with Crippen LogP contribution in [0.2, 0.25) is 0 Å². The lowest BCUT2D eigenvalue weighted by molar-refractivity contribution is -0.147. The maximum absolute atomic E-state index is 12.5. The Labute approximate surface area is 156 Å². The molecule has 0 radical (unpaired) electrons. The first-order chi connectivity index (χ1) is 12.5. The highest BCUT2D eigenvalue weighted by Gasteiger charge is 2.40. The summed E-state index contributed by atoms with van der Waals surface area (Å²) >= 11 is 0. The van der Waals surface area contributed by atoms with Gasteiger partial charge in [-0.2, -0.15) is 0 Å². The van der Waals surface area contributed by atoms with Crippen molar-refractivity contribution in [1.29, 1.82) is 0 Å². The minimum absolute atomic E-state index is 0.356. The molecule has 0 bridgehead atoms. The van der Waals surface area contributed by atoms with Crippen molar-refractivity contribution in [2.45, 2.75) is 52.2 Å². The fraction of sp³-hybridized carbons (Fsp3) is 0.409. The number of carbonyl (C=O) groups is 1. The van der Waals surface area contributed by atoms with E-state index in [2.05, 4.69) is 0 Å². The molecule has 0 saturated carbocycles. The van der Waals surface area contributed by atoms with Crippen LogP contribution in [0.25, 0.3) is 0 Å². The Hall–Kier alpha value is -2.33. The predicted molar refractivity (Wildman–Crippen MR) is 104 cm³/mol. The van der Waals surface area contributed by atoms with Crippen molar-refractivity contribution in [1.82, 2.24) is 0 Å². The molecule has 2 aromatic rings. The molecule has 1 amide bonds.